The number of halogens is 1. The van der Waals surface area contributed by atoms with Gasteiger partial charge in [-0.1, -0.05) is 24.3 Å². The molecule has 2 aromatic rings. The van der Waals surface area contributed by atoms with E-state index in [0.29, 0.717) is 11.3 Å². The molecule has 8 nitrogen and oxygen atoms in total. The first-order valence-corrected chi connectivity index (χ1v) is 9.54. The van der Waals surface area contributed by atoms with Crippen molar-refractivity contribution in [2.45, 2.75) is 30.7 Å². The van der Waals surface area contributed by atoms with Gasteiger partial charge < -0.3 is 39.4 Å². The molecule has 1 unspecified atom stereocenters. The molecule has 0 bridgehead atoms. The smallest absolute Gasteiger partial charge is 0.229 e. The van der Waals surface area contributed by atoms with Crippen LogP contribution in [0, 0.1) is 5.82 Å². The Bertz CT molecular complexity index is 899. The summed E-state index contributed by atoms with van der Waals surface area (Å²) in [6, 6.07) is 9.08. The summed E-state index contributed by atoms with van der Waals surface area (Å²) in [6.07, 6.45) is -3.79. The molecule has 1 aliphatic rings. The second-order valence-corrected chi connectivity index (χ2v) is 6.95. The van der Waals surface area contributed by atoms with Gasteiger partial charge in [-0.2, -0.15) is 0 Å². The predicted octanol–water partition coefficient (Wildman–Crippen LogP) is 1.19. The molecule has 0 amide bonds. The van der Waals surface area contributed by atoms with Gasteiger partial charge in [-0.3, -0.25) is 0 Å². The Hall–Kier alpha value is -2.69. The SMILES string of the molecule is COc1cc(/C=C/c2ccc(F)cc2)c(OC2O[C@H](CO)[C@@H](O)[C@H](O)[C@H]2O)c(OC)c1. The molecular formula is C22H25FO8. The molecule has 0 radical (unpaired) electrons. The lowest BCUT2D eigenvalue weighted by Crippen LogP contribution is -2.60. The Balaban J connectivity index is 1.97. The third-order valence-electron chi connectivity index (χ3n) is 4.92. The van der Waals surface area contributed by atoms with Crippen molar-refractivity contribution in [1.29, 1.82) is 0 Å². The van der Waals surface area contributed by atoms with Gasteiger partial charge in [-0.05, 0) is 23.8 Å². The van der Waals surface area contributed by atoms with Crippen molar-refractivity contribution in [2.24, 2.45) is 0 Å². The topological polar surface area (TPSA) is 118 Å². The van der Waals surface area contributed by atoms with Gasteiger partial charge in [0, 0.05) is 11.6 Å². The van der Waals surface area contributed by atoms with E-state index in [1.807, 2.05) is 0 Å². The lowest BCUT2D eigenvalue weighted by molar-refractivity contribution is -0.277. The van der Waals surface area contributed by atoms with Crippen molar-refractivity contribution in [2.75, 3.05) is 20.8 Å². The van der Waals surface area contributed by atoms with Crippen LogP contribution < -0.4 is 14.2 Å². The van der Waals surface area contributed by atoms with Gasteiger partial charge in [0.15, 0.2) is 11.5 Å². The number of aliphatic hydroxyl groups is 4. The average Bonchev–Trinajstić information content (AvgIpc) is 2.79. The van der Waals surface area contributed by atoms with Crippen molar-refractivity contribution in [1.82, 2.24) is 0 Å². The zero-order chi connectivity index (χ0) is 22.5. The minimum absolute atomic E-state index is 0.172. The van der Waals surface area contributed by atoms with Crippen molar-refractivity contribution in [3.63, 3.8) is 0 Å². The minimum Gasteiger partial charge on any atom is -0.497 e. The zero-order valence-corrected chi connectivity index (χ0v) is 17.0. The fraction of sp³-hybridized carbons (Fsp3) is 0.364. The van der Waals surface area contributed by atoms with Crippen LogP contribution in [0.25, 0.3) is 12.2 Å². The molecule has 1 fully saturated rings. The van der Waals surface area contributed by atoms with Crippen LogP contribution >= 0.6 is 0 Å². The van der Waals surface area contributed by atoms with Gasteiger partial charge in [0.1, 0.15) is 36.0 Å². The Labute approximate surface area is 178 Å². The van der Waals surface area contributed by atoms with Gasteiger partial charge in [-0.25, -0.2) is 4.39 Å². The summed E-state index contributed by atoms with van der Waals surface area (Å²) in [4.78, 5) is 0. The summed E-state index contributed by atoms with van der Waals surface area (Å²) >= 11 is 0. The number of aliphatic hydroxyl groups excluding tert-OH is 4. The van der Waals surface area contributed by atoms with Crippen LogP contribution in [0.2, 0.25) is 0 Å². The summed E-state index contributed by atoms with van der Waals surface area (Å²) in [5.41, 5.74) is 1.21. The Kier molecular flexibility index (Phi) is 7.47. The molecular weight excluding hydrogens is 411 g/mol. The van der Waals surface area contributed by atoms with E-state index in [1.54, 1.807) is 36.4 Å². The standard InChI is InChI=1S/C22H25FO8/c1-28-15-9-13(6-3-12-4-7-14(23)8-5-12)21(16(10-15)29-2)31-22-20(27)19(26)18(25)17(11-24)30-22/h3-10,17-20,22,24-27H,11H2,1-2H3/b6-3+/t17-,18-,19+,20-,22?/m1/s1. The zero-order valence-electron chi connectivity index (χ0n) is 17.0. The van der Waals surface area contributed by atoms with Gasteiger partial charge in [-0.15, -0.1) is 0 Å². The normalized spacial score (nSPS) is 26.1. The van der Waals surface area contributed by atoms with Crippen LogP contribution in [0.1, 0.15) is 11.1 Å². The molecule has 2 aromatic carbocycles. The van der Waals surface area contributed by atoms with E-state index in [9.17, 15) is 24.8 Å². The Morgan fingerprint density at radius 3 is 2.29 bits per heavy atom. The van der Waals surface area contributed by atoms with E-state index in [2.05, 4.69) is 0 Å². The van der Waals surface area contributed by atoms with Crippen molar-refractivity contribution < 1.29 is 43.8 Å². The maximum atomic E-state index is 13.2. The lowest BCUT2D eigenvalue weighted by Gasteiger charge is -2.39. The van der Waals surface area contributed by atoms with Crippen LogP contribution in [0.15, 0.2) is 36.4 Å². The minimum atomic E-state index is -1.58. The highest BCUT2D eigenvalue weighted by atomic mass is 19.1. The van der Waals surface area contributed by atoms with Crippen LogP contribution in [0.5, 0.6) is 17.2 Å². The van der Waals surface area contributed by atoms with Crippen molar-refractivity contribution >= 4 is 12.2 Å². The largest absolute Gasteiger partial charge is 0.497 e. The van der Waals surface area contributed by atoms with Gasteiger partial charge in [0.2, 0.25) is 6.29 Å². The Morgan fingerprint density at radius 2 is 1.68 bits per heavy atom. The predicted molar refractivity (Wildman–Crippen MR) is 109 cm³/mol. The van der Waals surface area contributed by atoms with Crippen LogP contribution in [0.3, 0.4) is 0 Å². The van der Waals surface area contributed by atoms with Gasteiger partial charge in [0.25, 0.3) is 0 Å². The van der Waals surface area contributed by atoms with E-state index in [0.717, 1.165) is 5.56 Å². The maximum Gasteiger partial charge on any atom is 0.229 e. The van der Waals surface area contributed by atoms with Crippen molar-refractivity contribution in [3.8, 4) is 17.2 Å². The summed E-state index contributed by atoms with van der Waals surface area (Å²) in [6.45, 7) is -0.581. The molecule has 9 heteroatoms. The molecule has 0 saturated carbocycles. The number of hydrogen-bond donors (Lipinski definition) is 4. The van der Waals surface area contributed by atoms with Crippen molar-refractivity contribution in [3.05, 3.63) is 53.3 Å². The molecule has 1 aliphatic heterocycles. The van der Waals surface area contributed by atoms with E-state index >= 15 is 0 Å². The highest BCUT2D eigenvalue weighted by Gasteiger charge is 2.45. The average molecular weight is 436 g/mol. The fourth-order valence-corrected chi connectivity index (χ4v) is 3.16. The van der Waals surface area contributed by atoms with Crippen LogP contribution in [-0.2, 0) is 4.74 Å². The quantitative estimate of drug-likeness (QED) is 0.478. The first-order valence-electron chi connectivity index (χ1n) is 9.54. The van der Waals surface area contributed by atoms with E-state index in [1.165, 1.54) is 26.4 Å². The molecule has 4 N–H and O–H groups in total. The van der Waals surface area contributed by atoms with E-state index in [-0.39, 0.29) is 17.3 Å². The number of rotatable bonds is 7. The van der Waals surface area contributed by atoms with Crippen LogP contribution in [0.4, 0.5) is 4.39 Å². The molecule has 0 spiro atoms. The molecule has 5 atom stereocenters. The van der Waals surface area contributed by atoms with Gasteiger partial charge in [0.05, 0.1) is 20.8 Å². The number of methoxy groups -OCH3 is 2. The monoisotopic (exact) mass is 436 g/mol. The summed E-state index contributed by atoms with van der Waals surface area (Å²) in [7, 11) is 2.91. The molecule has 31 heavy (non-hydrogen) atoms. The summed E-state index contributed by atoms with van der Waals surface area (Å²) in [5.74, 6) is 0.546. The fourth-order valence-electron chi connectivity index (χ4n) is 3.16. The molecule has 1 heterocycles. The Morgan fingerprint density at radius 1 is 0.968 bits per heavy atom. The molecule has 3 rings (SSSR count). The second kappa shape index (κ2) is 10.1. The lowest BCUT2D eigenvalue weighted by atomic mass is 9.99. The highest BCUT2D eigenvalue weighted by Crippen LogP contribution is 2.39. The third kappa shape index (κ3) is 5.15. The number of ether oxygens (including phenoxy) is 4. The molecule has 0 aliphatic carbocycles. The molecule has 168 valence electrons. The van der Waals surface area contributed by atoms with Crippen LogP contribution in [-0.4, -0.2) is 72.0 Å². The number of benzene rings is 2. The highest BCUT2D eigenvalue weighted by molar-refractivity contribution is 5.75. The molecule has 1 saturated heterocycles. The summed E-state index contributed by atoms with van der Waals surface area (Å²) in [5, 5.41) is 39.7. The summed E-state index contributed by atoms with van der Waals surface area (Å²) < 4.78 is 35.1. The maximum absolute atomic E-state index is 13.2. The first kappa shape index (κ1) is 23.0. The third-order valence-corrected chi connectivity index (χ3v) is 4.92. The first-order chi connectivity index (χ1) is 14.9. The molecule has 0 aromatic heterocycles. The van der Waals surface area contributed by atoms with E-state index < -0.39 is 37.3 Å². The van der Waals surface area contributed by atoms with Gasteiger partial charge >= 0.3 is 0 Å². The second-order valence-electron chi connectivity index (χ2n) is 6.95. The number of hydrogen-bond acceptors (Lipinski definition) is 8. The van der Waals surface area contributed by atoms with E-state index in [4.69, 9.17) is 18.9 Å².